The van der Waals surface area contributed by atoms with Gasteiger partial charge in [0, 0.05) is 17.1 Å². The van der Waals surface area contributed by atoms with E-state index < -0.39 is 15.0 Å². The predicted molar refractivity (Wildman–Crippen MR) is 70.7 cm³/mol. The maximum absolute atomic E-state index is 12.1. The molecule has 6 nitrogen and oxygen atoms in total. The summed E-state index contributed by atoms with van der Waals surface area (Å²) in [5.74, 6) is -0.447. The highest BCUT2D eigenvalue weighted by Crippen LogP contribution is 2.26. The molecule has 1 aliphatic heterocycles. The molecule has 0 bridgehead atoms. The summed E-state index contributed by atoms with van der Waals surface area (Å²) in [7, 11) is 2.71. The lowest BCUT2D eigenvalue weighted by Crippen LogP contribution is -2.18. The highest BCUT2D eigenvalue weighted by molar-refractivity contribution is 8.13. The van der Waals surface area contributed by atoms with Gasteiger partial charge in [-0.05, 0) is 18.2 Å². The van der Waals surface area contributed by atoms with Crippen molar-refractivity contribution >= 4 is 25.7 Å². The summed E-state index contributed by atoms with van der Waals surface area (Å²) in [6.07, 6.45) is 0.283. The predicted octanol–water partition coefficient (Wildman–Crippen LogP) is 1.57. The van der Waals surface area contributed by atoms with Crippen molar-refractivity contribution in [2.45, 2.75) is 17.4 Å². The molecule has 0 aromatic heterocycles. The Balaban J connectivity index is 2.29. The molecule has 1 saturated heterocycles. The molecule has 0 radical (unpaired) electrons. The van der Waals surface area contributed by atoms with E-state index in [9.17, 15) is 13.2 Å². The Labute approximate surface area is 121 Å². The Morgan fingerprint density at radius 2 is 2.20 bits per heavy atom. The van der Waals surface area contributed by atoms with Crippen LogP contribution >= 0.6 is 10.7 Å². The van der Waals surface area contributed by atoms with E-state index in [0.717, 1.165) is 6.07 Å². The van der Waals surface area contributed by atoms with Gasteiger partial charge in [-0.2, -0.15) is 0 Å². The Morgan fingerprint density at radius 1 is 1.45 bits per heavy atom. The Hall–Kier alpha value is -1.31. The lowest BCUT2D eigenvalue weighted by atomic mass is 10.2. The Morgan fingerprint density at radius 3 is 2.75 bits per heavy atom. The molecule has 110 valence electrons. The van der Waals surface area contributed by atoms with Gasteiger partial charge in [-0.25, -0.2) is 13.2 Å². The summed E-state index contributed by atoms with van der Waals surface area (Å²) in [5, 5.41) is 0. The number of carbonyl (C=O) groups excluding carboxylic acids is 1. The fraction of sp³-hybridized carbons (Fsp3) is 0.417. The second-order valence-electron chi connectivity index (χ2n) is 4.19. The van der Waals surface area contributed by atoms with Crippen molar-refractivity contribution < 1.29 is 27.4 Å². The van der Waals surface area contributed by atoms with Crippen molar-refractivity contribution in [1.82, 2.24) is 0 Å². The third-order valence-electron chi connectivity index (χ3n) is 2.83. The van der Waals surface area contributed by atoms with Crippen molar-refractivity contribution in [3.63, 3.8) is 0 Å². The minimum absolute atomic E-state index is 0.0149. The zero-order valence-corrected chi connectivity index (χ0v) is 12.2. The van der Waals surface area contributed by atoms with Crippen LogP contribution < -0.4 is 4.74 Å². The standard InChI is InChI=1S/C12H13ClO6S/c1-17-11-3-2-9(20(13,15)16)6-10(11)12(14)19-8-4-5-18-7-8/h2-3,6,8H,4-5,7H2,1H3. The molecule has 1 aromatic rings. The van der Waals surface area contributed by atoms with E-state index in [4.69, 9.17) is 24.9 Å². The smallest absolute Gasteiger partial charge is 0.342 e. The largest absolute Gasteiger partial charge is 0.496 e. The van der Waals surface area contributed by atoms with E-state index in [-0.39, 0.29) is 22.3 Å². The number of ether oxygens (including phenoxy) is 3. The topological polar surface area (TPSA) is 78.9 Å². The fourth-order valence-corrected chi connectivity index (χ4v) is 2.60. The lowest BCUT2D eigenvalue weighted by Gasteiger charge is -2.13. The van der Waals surface area contributed by atoms with Crippen LogP contribution in [0.15, 0.2) is 23.1 Å². The van der Waals surface area contributed by atoms with Crippen molar-refractivity contribution in [3.05, 3.63) is 23.8 Å². The molecule has 1 heterocycles. The third-order valence-corrected chi connectivity index (χ3v) is 4.19. The van der Waals surface area contributed by atoms with Crippen molar-refractivity contribution in [2.75, 3.05) is 20.3 Å². The van der Waals surface area contributed by atoms with Crippen LogP contribution in [-0.4, -0.2) is 40.8 Å². The van der Waals surface area contributed by atoms with Gasteiger partial charge in [0.15, 0.2) is 0 Å². The first-order valence-corrected chi connectivity index (χ1v) is 8.14. The number of benzene rings is 1. The number of rotatable bonds is 4. The molecule has 0 aliphatic carbocycles. The Kier molecular flexibility index (Phi) is 4.52. The van der Waals surface area contributed by atoms with Gasteiger partial charge in [0.25, 0.3) is 9.05 Å². The maximum Gasteiger partial charge on any atom is 0.342 e. The fourth-order valence-electron chi connectivity index (χ4n) is 1.82. The van der Waals surface area contributed by atoms with Crippen molar-refractivity contribution in [2.24, 2.45) is 0 Å². The maximum atomic E-state index is 12.1. The van der Waals surface area contributed by atoms with Crippen LogP contribution in [0.3, 0.4) is 0 Å². The van der Waals surface area contributed by atoms with Crippen LogP contribution in [0.2, 0.25) is 0 Å². The second kappa shape index (κ2) is 5.99. The minimum atomic E-state index is -3.93. The van der Waals surface area contributed by atoms with Crippen LogP contribution in [0.25, 0.3) is 0 Å². The molecule has 1 aromatic carbocycles. The zero-order chi connectivity index (χ0) is 14.8. The zero-order valence-electron chi connectivity index (χ0n) is 10.7. The molecule has 8 heteroatoms. The number of methoxy groups -OCH3 is 1. The quantitative estimate of drug-likeness (QED) is 0.619. The van der Waals surface area contributed by atoms with E-state index in [1.54, 1.807) is 0 Å². The SMILES string of the molecule is COc1ccc(S(=O)(=O)Cl)cc1C(=O)OC1CCOC1. The first-order chi connectivity index (χ1) is 9.41. The molecule has 1 unspecified atom stereocenters. The van der Waals surface area contributed by atoms with Gasteiger partial charge in [-0.15, -0.1) is 0 Å². The van der Waals surface area contributed by atoms with Gasteiger partial charge in [-0.3, -0.25) is 0 Å². The Bertz CT molecular complexity index is 606. The molecule has 0 amide bonds. The molecule has 1 atom stereocenters. The molecular formula is C12H13ClO6S. The normalized spacial score (nSPS) is 18.8. The summed E-state index contributed by atoms with van der Waals surface area (Å²) in [6.45, 7) is 0.868. The summed E-state index contributed by atoms with van der Waals surface area (Å²) in [5.41, 5.74) is 0.0149. The number of hydrogen-bond acceptors (Lipinski definition) is 6. The molecule has 1 fully saturated rings. The van der Waals surface area contributed by atoms with Gasteiger partial charge >= 0.3 is 5.97 Å². The lowest BCUT2D eigenvalue weighted by molar-refractivity contribution is 0.0267. The number of esters is 1. The van der Waals surface area contributed by atoms with Crippen LogP contribution in [-0.2, 0) is 18.5 Å². The van der Waals surface area contributed by atoms with Crippen LogP contribution in [0.5, 0.6) is 5.75 Å². The van der Waals surface area contributed by atoms with Crippen molar-refractivity contribution in [1.29, 1.82) is 0 Å². The third kappa shape index (κ3) is 3.41. The number of hydrogen-bond donors (Lipinski definition) is 0. The average molecular weight is 321 g/mol. The molecule has 0 saturated carbocycles. The van der Waals surface area contributed by atoms with E-state index in [1.807, 2.05) is 0 Å². The van der Waals surface area contributed by atoms with Gasteiger partial charge < -0.3 is 14.2 Å². The van der Waals surface area contributed by atoms with Gasteiger partial charge in [0.1, 0.15) is 17.4 Å². The van der Waals surface area contributed by atoms with Crippen molar-refractivity contribution in [3.8, 4) is 5.75 Å². The molecule has 2 rings (SSSR count). The summed E-state index contributed by atoms with van der Waals surface area (Å²) in [4.78, 5) is 11.9. The summed E-state index contributed by atoms with van der Waals surface area (Å²) in [6, 6.07) is 3.76. The number of halogens is 1. The van der Waals surface area contributed by atoms with E-state index >= 15 is 0 Å². The average Bonchev–Trinajstić information content (AvgIpc) is 2.89. The highest BCUT2D eigenvalue weighted by atomic mass is 35.7. The molecule has 0 spiro atoms. The second-order valence-corrected chi connectivity index (χ2v) is 6.76. The van der Waals surface area contributed by atoms with Crippen LogP contribution in [0, 0.1) is 0 Å². The summed E-state index contributed by atoms with van der Waals surface area (Å²) >= 11 is 0. The molecule has 1 aliphatic rings. The molecule has 0 N–H and O–H groups in total. The van der Waals surface area contributed by atoms with Crippen LogP contribution in [0.1, 0.15) is 16.8 Å². The van der Waals surface area contributed by atoms with E-state index in [0.29, 0.717) is 19.6 Å². The first-order valence-electron chi connectivity index (χ1n) is 5.83. The summed E-state index contributed by atoms with van der Waals surface area (Å²) < 4.78 is 38.0. The van der Waals surface area contributed by atoms with E-state index in [2.05, 4.69) is 0 Å². The minimum Gasteiger partial charge on any atom is -0.496 e. The van der Waals surface area contributed by atoms with Crippen LogP contribution in [0.4, 0.5) is 0 Å². The highest BCUT2D eigenvalue weighted by Gasteiger charge is 2.24. The number of carbonyl (C=O) groups is 1. The van der Waals surface area contributed by atoms with E-state index in [1.165, 1.54) is 19.2 Å². The molecule has 20 heavy (non-hydrogen) atoms. The first kappa shape index (κ1) is 15.1. The monoisotopic (exact) mass is 320 g/mol. The molecular weight excluding hydrogens is 308 g/mol. The van der Waals surface area contributed by atoms with Gasteiger partial charge in [0.2, 0.25) is 0 Å². The van der Waals surface area contributed by atoms with Gasteiger partial charge in [-0.1, -0.05) is 0 Å². The van der Waals surface area contributed by atoms with Gasteiger partial charge in [0.05, 0.1) is 25.2 Å².